The van der Waals surface area contributed by atoms with E-state index in [-0.39, 0.29) is 6.85 Å². The quantitative estimate of drug-likeness (QED) is 0.176. The van der Waals surface area contributed by atoms with Crippen LogP contribution < -0.4 is 20.6 Å². The molecule has 0 saturated heterocycles. The molecule has 0 atom stereocenters. The zero-order chi connectivity index (χ0) is 31.6. The molecule has 0 bridgehead atoms. The molecule has 4 heterocycles. The van der Waals surface area contributed by atoms with Gasteiger partial charge in [-0.25, -0.2) is 0 Å². The fraction of sp³-hybridized carbons (Fsp3) is 0.0455. The Kier molecular flexibility index (Phi) is 5.30. The van der Waals surface area contributed by atoms with E-state index >= 15 is 0 Å². The van der Waals surface area contributed by atoms with E-state index in [2.05, 4.69) is 174 Å². The van der Waals surface area contributed by atoms with Crippen molar-refractivity contribution in [2.45, 2.75) is 22.1 Å². The largest absolute Gasteiger partial charge is 0.374 e. The van der Waals surface area contributed by atoms with Crippen molar-refractivity contribution >= 4 is 58.0 Å². The topological polar surface area (TPSA) is 6.48 Å². The Morgan fingerprint density at radius 3 is 1.96 bits per heavy atom. The van der Waals surface area contributed by atoms with Crippen molar-refractivity contribution in [3.05, 3.63) is 186 Å². The number of rotatable bonds is 2. The van der Waals surface area contributed by atoms with Gasteiger partial charge in [0, 0.05) is 32.4 Å². The normalized spacial score (nSPS) is 15.1. The van der Waals surface area contributed by atoms with Gasteiger partial charge in [-0.05, 0) is 81.6 Å². The van der Waals surface area contributed by atoms with Crippen molar-refractivity contribution in [1.82, 2.24) is 0 Å². The minimum Gasteiger partial charge on any atom is -0.374 e. The van der Waals surface area contributed by atoms with Crippen molar-refractivity contribution < 1.29 is 0 Å². The number of nitrogens with zero attached hydrogens (tertiary/aromatic N) is 2. The molecule has 4 aliphatic rings. The van der Waals surface area contributed by atoms with Gasteiger partial charge in [0.2, 0.25) is 0 Å². The van der Waals surface area contributed by atoms with Gasteiger partial charge in [-0.2, -0.15) is 0 Å². The van der Waals surface area contributed by atoms with E-state index in [0.717, 1.165) is 0 Å². The second-order valence-electron chi connectivity index (χ2n) is 13.3. The predicted octanol–water partition coefficient (Wildman–Crippen LogP) is 9.86. The Balaban J connectivity index is 1.32. The molecule has 0 spiro atoms. The molecule has 11 rings (SSSR count). The maximum Gasteiger partial charge on any atom is 0.333 e. The molecule has 4 aliphatic heterocycles. The molecule has 0 unspecified atom stereocenters. The molecule has 0 fully saturated rings. The molecule has 2 nitrogen and oxygen atoms in total. The van der Waals surface area contributed by atoms with Gasteiger partial charge >= 0.3 is 6.85 Å². The second-order valence-corrected chi connectivity index (χ2v) is 14.4. The molecule has 0 amide bonds. The van der Waals surface area contributed by atoms with Gasteiger partial charge in [-0.15, -0.1) is 0 Å². The summed E-state index contributed by atoms with van der Waals surface area (Å²) in [6.07, 6.45) is 0. The lowest BCUT2D eigenvalue weighted by Crippen LogP contribution is -2.63. The summed E-state index contributed by atoms with van der Waals surface area (Å²) in [5, 5.41) is 0. The Hall–Kier alpha value is -5.45. The van der Waals surface area contributed by atoms with Crippen molar-refractivity contribution in [3.8, 4) is 11.1 Å². The van der Waals surface area contributed by atoms with Crippen LogP contribution in [-0.4, -0.2) is 6.85 Å². The van der Waals surface area contributed by atoms with E-state index in [1.165, 1.54) is 88.1 Å². The lowest BCUT2D eigenvalue weighted by molar-refractivity contribution is 0.732. The molecule has 0 saturated carbocycles. The van der Waals surface area contributed by atoms with Crippen molar-refractivity contribution in [3.63, 3.8) is 0 Å². The third-order valence-corrected chi connectivity index (χ3v) is 12.0. The highest BCUT2D eigenvalue weighted by Gasteiger charge is 2.53. The predicted molar refractivity (Wildman–Crippen MR) is 201 cm³/mol. The van der Waals surface area contributed by atoms with Crippen LogP contribution in [0.25, 0.3) is 11.1 Å². The molecular formula is C44H29BN2S. The maximum atomic E-state index is 2.66. The maximum absolute atomic E-state index is 2.66. The minimum atomic E-state index is -0.501. The summed E-state index contributed by atoms with van der Waals surface area (Å²) in [6.45, 7) is 2.28. The van der Waals surface area contributed by atoms with E-state index in [9.17, 15) is 0 Å². The molecule has 4 heteroatoms. The average molecular weight is 629 g/mol. The first-order valence-electron chi connectivity index (χ1n) is 16.7. The minimum absolute atomic E-state index is 0.0204. The van der Waals surface area contributed by atoms with Crippen LogP contribution in [0.15, 0.2) is 168 Å². The van der Waals surface area contributed by atoms with E-state index in [1.54, 1.807) is 0 Å². The molecule has 0 N–H and O–H groups in total. The average Bonchev–Trinajstić information content (AvgIpc) is 3.14. The van der Waals surface area contributed by atoms with Gasteiger partial charge in [0.05, 0.1) is 16.8 Å². The van der Waals surface area contributed by atoms with Gasteiger partial charge < -0.3 is 9.71 Å². The lowest BCUT2D eigenvalue weighted by Gasteiger charge is -2.53. The second kappa shape index (κ2) is 9.56. The first kappa shape index (κ1) is 26.6. The van der Waals surface area contributed by atoms with Gasteiger partial charge in [0.25, 0.3) is 0 Å². The van der Waals surface area contributed by atoms with Crippen LogP contribution in [-0.2, 0) is 5.41 Å². The van der Waals surface area contributed by atoms with Crippen LogP contribution >= 0.6 is 11.8 Å². The monoisotopic (exact) mass is 628 g/mol. The summed E-state index contributed by atoms with van der Waals surface area (Å²) < 4.78 is 0. The summed E-state index contributed by atoms with van der Waals surface area (Å²) in [6, 6.07) is 59.2. The van der Waals surface area contributed by atoms with E-state index in [1.807, 2.05) is 11.8 Å². The SMILES string of the molecule is Cc1cc2c3c(c1)N1c4ccccc4C(c4ccccc4)(c4ccccc4)c4cccc(c41)B3N1c3ccccc3Sc3cccc-2c31. The molecule has 224 valence electrons. The van der Waals surface area contributed by atoms with E-state index in [4.69, 9.17) is 0 Å². The third kappa shape index (κ3) is 3.21. The molecule has 7 aromatic rings. The van der Waals surface area contributed by atoms with Crippen LogP contribution in [0, 0.1) is 6.92 Å². The standard InChI is InChI=1S/C44H29BN2S/c1-28-26-32-31-18-12-25-40-42(31)47(37-23-10-11-24-39(37)48-40)45-35-21-13-20-34-43(35)46(38(27-28)41(32)45)36-22-9-8-19-33(36)44(34,29-14-4-2-5-15-29)30-16-6-3-7-17-30/h2-27H,1H3. The molecule has 48 heavy (non-hydrogen) atoms. The number of hydrogen-bond donors (Lipinski definition) is 0. The lowest BCUT2D eigenvalue weighted by atomic mass is 9.42. The van der Waals surface area contributed by atoms with Crippen LogP contribution in [0.1, 0.15) is 27.8 Å². The van der Waals surface area contributed by atoms with Gasteiger partial charge in [0.15, 0.2) is 0 Å². The van der Waals surface area contributed by atoms with Crippen LogP contribution in [0.5, 0.6) is 0 Å². The van der Waals surface area contributed by atoms with E-state index < -0.39 is 5.41 Å². The summed E-state index contributed by atoms with van der Waals surface area (Å²) >= 11 is 1.90. The number of para-hydroxylation sites is 4. The zero-order valence-corrected chi connectivity index (χ0v) is 27.2. The Labute approximate surface area is 285 Å². The number of hydrogen-bond acceptors (Lipinski definition) is 3. The van der Waals surface area contributed by atoms with Crippen molar-refractivity contribution in [2.24, 2.45) is 0 Å². The van der Waals surface area contributed by atoms with Gasteiger partial charge in [0.1, 0.15) is 0 Å². The smallest absolute Gasteiger partial charge is 0.333 e. The summed E-state index contributed by atoms with van der Waals surface area (Å²) in [7, 11) is 0. The summed E-state index contributed by atoms with van der Waals surface area (Å²) in [5.41, 5.74) is 17.8. The molecule has 0 radical (unpaired) electrons. The van der Waals surface area contributed by atoms with Crippen molar-refractivity contribution in [2.75, 3.05) is 9.71 Å². The summed E-state index contributed by atoms with van der Waals surface area (Å²) in [5.74, 6) is 0. The zero-order valence-electron chi connectivity index (χ0n) is 26.4. The summed E-state index contributed by atoms with van der Waals surface area (Å²) in [4.78, 5) is 7.89. The number of benzene rings is 7. The van der Waals surface area contributed by atoms with Gasteiger partial charge in [-0.3, -0.25) is 0 Å². The molecule has 7 aromatic carbocycles. The fourth-order valence-corrected chi connectivity index (χ4v) is 10.3. The van der Waals surface area contributed by atoms with Crippen LogP contribution in [0.4, 0.5) is 28.4 Å². The van der Waals surface area contributed by atoms with Gasteiger partial charge in [-0.1, -0.05) is 139 Å². The molecule has 0 aliphatic carbocycles. The first-order valence-corrected chi connectivity index (χ1v) is 17.5. The van der Waals surface area contributed by atoms with E-state index in [0.29, 0.717) is 0 Å². The van der Waals surface area contributed by atoms with Crippen LogP contribution in [0.2, 0.25) is 0 Å². The fourth-order valence-electron chi connectivity index (χ4n) is 9.22. The Morgan fingerprint density at radius 1 is 0.521 bits per heavy atom. The molecular weight excluding hydrogens is 599 g/mol. The van der Waals surface area contributed by atoms with Crippen molar-refractivity contribution in [1.29, 1.82) is 0 Å². The first-order chi connectivity index (χ1) is 23.7. The number of anilines is 5. The molecule has 0 aromatic heterocycles. The third-order valence-electron chi connectivity index (χ3n) is 10.9. The highest BCUT2D eigenvalue weighted by atomic mass is 32.2. The Morgan fingerprint density at radius 2 is 1.17 bits per heavy atom. The number of aryl methyl sites for hydroxylation is 1. The van der Waals surface area contributed by atoms with Crippen LogP contribution in [0.3, 0.4) is 0 Å². The highest BCUT2D eigenvalue weighted by molar-refractivity contribution is 7.99. The number of fused-ring (bicyclic) bond motifs is 8. The Bertz CT molecular complexity index is 2430. The highest BCUT2D eigenvalue weighted by Crippen LogP contribution is 2.60.